The molecule has 0 saturated carbocycles. The third-order valence-corrected chi connectivity index (χ3v) is 2.90. The Labute approximate surface area is 113 Å². The van der Waals surface area contributed by atoms with Crippen LogP contribution in [0.25, 0.3) is 11.3 Å². The summed E-state index contributed by atoms with van der Waals surface area (Å²) in [7, 11) is 0. The summed E-state index contributed by atoms with van der Waals surface area (Å²) in [6.45, 7) is 0. The summed E-state index contributed by atoms with van der Waals surface area (Å²) in [5.41, 5.74) is 6.30. The molecule has 0 aliphatic rings. The van der Waals surface area contributed by atoms with Crippen LogP contribution in [0.3, 0.4) is 0 Å². The lowest BCUT2D eigenvalue weighted by atomic mass is 10.0. The normalized spacial score (nSPS) is 12.3. The van der Waals surface area contributed by atoms with Gasteiger partial charge in [-0.15, -0.1) is 0 Å². The summed E-state index contributed by atoms with van der Waals surface area (Å²) in [6.07, 6.45) is 0.313. The Morgan fingerprint density at radius 3 is 2.65 bits per heavy atom. The number of aromatic nitrogens is 1. The number of nitrogens with zero attached hydrogens (tertiary/aromatic N) is 1. The maximum absolute atomic E-state index is 12.9. The molecule has 106 valence electrons. The molecule has 0 aliphatic carbocycles. The van der Waals surface area contributed by atoms with Gasteiger partial charge in [-0.1, -0.05) is 0 Å². The van der Waals surface area contributed by atoms with Gasteiger partial charge in [-0.05, 0) is 42.3 Å². The maximum atomic E-state index is 12.9. The molecule has 1 aromatic heterocycles. The van der Waals surface area contributed by atoms with Gasteiger partial charge in [0, 0.05) is 5.56 Å². The Kier molecular flexibility index (Phi) is 3.99. The lowest BCUT2D eigenvalue weighted by Gasteiger charge is -2.06. The fourth-order valence-corrected chi connectivity index (χ4v) is 1.78. The first-order valence-electron chi connectivity index (χ1n) is 5.91. The van der Waals surface area contributed by atoms with E-state index >= 15 is 0 Å². The first kappa shape index (κ1) is 14.0. The first-order chi connectivity index (χ1) is 9.49. The van der Waals surface area contributed by atoms with Gasteiger partial charge in [0.05, 0.1) is 5.56 Å². The molecule has 1 heterocycles. The van der Waals surface area contributed by atoms with E-state index in [0.29, 0.717) is 11.1 Å². The smallest absolute Gasteiger partial charge is 0.320 e. The quantitative estimate of drug-likeness (QED) is 0.766. The molecule has 2 aromatic rings. The van der Waals surface area contributed by atoms with E-state index in [9.17, 15) is 14.3 Å². The summed E-state index contributed by atoms with van der Waals surface area (Å²) < 4.78 is 17.9. The van der Waals surface area contributed by atoms with Crippen LogP contribution in [-0.4, -0.2) is 27.4 Å². The minimum atomic E-state index is -1.12. The zero-order valence-corrected chi connectivity index (χ0v) is 10.4. The minimum absolute atomic E-state index is 0.123. The van der Waals surface area contributed by atoms with Crippen molar-refractivity contribution in [3.8, 4) is 17.2 Å². The number of carbonyl (C=O) groups is 1. The molecular formula is C13H13FN2O4. The van der Waals surface area contributed by atoms with Gasteiger partial charge in [-0.3, -0.25) is 4.79 Å². The van der Waals surface area contributed by atoms with Gasteiger partial charge >= 0.3 is 5.97 Å². The Balaban J connectivity index is 2.23. The van der Waals surface area contributed by atoms with Crippen LogP contribution in [-0.2, 0) is 11.2 Å². The summed E-state index contributed by atoms with van der Waals surface area (Å²) in [5, 5.41) is 21.8. The number of carboxylic acids is 1. The van der Waals surface area contributed by atoms with Gasteiger partial charge in [-0.2, -0.15) is 0 Å². The SMILES string of the molecule is N[C@@H](CCc1c(O)noc1-c1ccc(F)cc1)C(=O)O. The van der Waals surface area contributed by atoms with Gasteiger partial charge in [0.15, 0.2) is 5.76 Å². The van der Waals surface area contributed by atoms with Crippen LogP contribution in [0.1, 0.15) is 12.0 Å². The van der Waals surface area contributed by atoms with Crippen LogP contribution < -0.4 is 5.73 Å². The van der Waals surface area contributed by atoms with Crippen LogP contribution in [0, 0.1) is 5.82 Å². The lowest BCUT2D eigenvalue weighted by molar-refractivity contribution is -0.138. The Morgan fingerprint density at radius 2 is 2.05 bits per heavy atom. The van der Waals surface area contributed by atoms with Gasteiger partial charge in [-0.25, -0.2) is 4.39 Å². The van der Waals surface area contributed by atoms with Crippen molar-refractivity contribution < 1.29 is 23.9 Å². The molecule has 6 nitrogen and oxygen atoms in total. The average molecular weight is 280 g/mol. The van der Waals surface area contributed by atoms with Crippen molar-refractivity contribution in [2.45, 2.75) is 18.9 Å². The monoisotopic (exact) mass is 280 g/mol. The topological polar surface area (TPSA) is 110 Å². The molecule has 0 radical (unpaired) electrons. The van der Waals surface area contributed by atoms with E-state index in [1.807, 2.05) is 0 Å². The Morgan fingerprint density at radius 1 is 1.40 bits per heavy atom. The predicted octanol–water partition coefficient (Wildman–Crippen LogP) is 1.53. The average Bonchev–Trinajstić information content (AvgIpc) is 2.78. The number of carboxylic acid groups (broad SMARTS) is 1. The fraction of sp³-hybridized carbons (Fsp3) is 0.231. The second kappa shape index (κ2) is 5.70. The molecule has 1 aromatic carbocycles. The summed E-state index contributed by atoms with van der Waals surface area (Å²) in [4.78, 5) is 10.7. The molecule has 0 amide bonds. The van der Waals surface area contributed by atoms with Crippen LogP contribution >= 0.6 is 0 Å². The van der Waals surface area contributed by atoms with E-state index in [0.717, 1.165) is 0 Å². The van der Waals surface area contributed by atoms with Crippen molar-refractivity contribution in [2.75, 3.05) is 0 Å². The highest BCUT2D eigenvalue weighted by atomic mass is 19.1. The number of hydrogen-bond donors (Lipinski definition) is 3. The van der Waals surface area contributed by atoms with Crippen molar-refractivity contribution in [1.29, 1.82) is 0 Å². The van der Waals surface area contributed by atoms with Gasteiger partial charge in [0.2, 0.25) is 0 Å². The fourth-order valence-electron chi connectivity index (χ4n) is 1.78. The molecule has 0 saturated heterocycles. The molecule has 20 heavy (non-hydrogen) atoms. The molecule has 7 heteroatoms. The molecular weight excluding hydrogens is 267 g/mol. The number of benzene rings is 1. The lowest BCUT2D eigenvalue weighted by Crippen LogP contribution is -2.30. The van der Waals surface area contributed by atoms with E-state index in [-0.39, 0.29) is 24.5 Å². The molecule has 0 bridgehead atoms. The second-order valence-electron chi connectivity index (χ2n) is 4.30. The molecule has 1 atom stereocenters. The minimum Gasteiger partial charge on any atom is -0.491 e. The second-order valence-corrected chi connectivity index (χ2v) is 4.30. The number of rotatable bonds is 5. The van der Waals surface area contributed by atoms with Crippen LogP contribution in [0.4, 0.5) is 4.39 Å². The molecule has 0 fully saturated rings. The van der Waals surface area contributed by atoms with Crippen molar-refractivity contribution in [3.63, 3.8) is 0 Å². The van der Waals surface area contributed by atoms with Crippen LogP contribution in [0.5, 0.6) is 5.88 Å². The van der Waals surface area contributed by atoms with E-state index < -0.39 is 17.8 Å². The maximum Gasteiger partial charge on any atom is 0.320 e. The highest BCUT2D eigenvalue weighted by Crippen LogP contribution is 2.31. The van der Waals surface area contributed by atoms with E-state index in [4.69, 9.17) is 15.4 Å². The largest absolute Gasteiger partial charge is 0.491 e. The zero-order chi connectivity index (χ0) is 14.7. The highest BCUT2D eigenvalue weighted by molar-refractivity contribution is 5.73. The standard InChI is InChI=1S/C13H13FN2O4/c14-8-3-1-7(2-4-8)11-9(12(17)16-20-11)5-6-10(15)13(18)19/h1-4,10H,5-6,15H2,(H,16,17)(H,18,19)/t10-/m0/s1. The highest BCUT2D eigenvalue weighted by Gasteiger charge is 2.20. The number of aliphatic carboxylic acids is 1. The number of halogens is 1. The summed E-state index contributed by atoms with van der Waals surface area (Å²) in [6, 6.07) is 4.43. The predicted molar refractivity (Wildman–Crippen MR) is 67.5 cm³/mol. The molecule has 0 unspecified atom stereocenters. The summed E-state index contributed by atoms with van der Waals surface area (Å²) in [5.74, 6) is -1.56. The first-order valence-corrected chi connectivity index (χ1v) is 5.91. The zero-order valence-electron chi connectivity index (χ0n) is 10.4. The van der Waals surface area contributed by atoms with Crippen molar-refractivity contribution in [3.05, 3.63) is 35.6 Å². The number of nitrogens with two attached hydrogens (primary N) is 1. The van der Waals surface area contributed by atoms with Crippen molar-refractivity contribution >= 4 is 5.97 Å². The van der Waals surface area contributed by atoms with E-state index in [2.05, 4.69) is 5.16 Å². The van der Waals surface area contributed by atoms with Crippen molar-refractivity contribution in [2.24, 2.45) is 5.73 Å². The van der Waals surface area contributed by atoms with Crippen molar-refractivity contribution in [1.82, 2.24) is 5.16 Å². The third kappa shape index (κ3) is 2.94. The Bertz CT molecular complexity index is 609. The third-order valence-electron chi connectivity index (χ3n) is 2.90. The molecule has 0 spiro atoms. The number of aromatic hydroxyl groups is 1. The molecule has 2 rings (SSSR count). The molecule has 4 N–H and O–H groups in total. The summed E-state index contributed by atoms with van der Waals surface area (Å²) >= 11 is 0. The van der Waals surface area contributed by atoms with Gasteiger partial charge in [0.1, 0.15) is 11.9 Å². The van der Waals surface area contributed by atoms with E-state index in [1.54, 1.807) is 0 Å². The van der Waals surface area contributed by atoms with Crippen LogP contribution in [0.15, 0.2) is 28.8 Å². The van der Waals surface area contributed by atoms with Crippen LogP contribution in [0.2, 0.25) is 0 Å². The Hall–Kier alpha value is -2.41. The van der Waals surface area contributed by atoms with Gasteiger partial charge < -0.3 is 20.5 Å². The van der Waals surface area contributed by atoms with Gasteiger partial charge in [0.25, 0.3) is 5.88 Å². The molecule has 0 aliphatic heterocycles. The number of hydrogen-bond acceptors (Lipinski definition) is 5. The van der Waals surface area contributed by atoms with E-state index in [1.165, 1.54) is 24.3 Å².